The van der Waals surface area contributed by atoms with Crippen molar-refractivity contribution in [1.82, 2.24) is 20.4 Å². The second-order valence-corrected chi connectivity index (χ2v) is 8.07. The first-order valence-electron chi connectivity index (χ1n) is 10.5. The Morgan fingerprint density at radius 1 is 0.971 bits per heavy atom. The van der Waals surface area contributed by atoms with Gasteiger partial charge in [-0.15, -0.1) is 0 Å². The second kappa shape index (κ2) is 9.72. The number of hydrogen-bond donors (Lipinski definition) is 3. The smallest absolute Gasteiger partial charge is 0.276 e. The first kappa shape index (κ1) is 22.9. The predicted molar refractivity (Wildman–Crippen MR) is 132 cm³/mol. The highest BCUT2D eigenvalue weighted by atomic mass is 32.1. The van der Waals surface area contributed by atoms with Gasteiger partial charge in [0.15, 0.2) is 11.4 Å². The summed E-state index contributed by atoms with van der Waals surface area (Å²) in [6.07, 6.45) is 0. The third-order valence-corrected chi connectivity index (χ3v) is 5.53. The van der Waals surface area contributed by atoms with Gasteiger partial charge in [0.1, 0.15) is 5.75 Å². The zero-order valence-electron chi connectivity index (χ0n) is 18.5. The summed E-state index contributed by atoms with van der Waals surface area (Å²) < 4.78 is 7.19. The van der Waals surface area contributed by atoms with Gasteiger partial charge in [-0.3, -0.25) is 29.8 Å². The lowest BCUT2D eigenvalue weighted by molar-refractivity contribution is -0.123. The van der Waals surface area contributed by atoms with Crippen molar-refractivity contribution in [2.45, 2.75) is 13.8 Å². The molecule has 9 heteroatoms. The van der Waals surface area contributed by atoms with E-state index in [4.69, 9.17) is 17.0 Å². The molecule has 0 spiro atoms. The zero-order valence-corrected chi connectivity index (χ0v) is 19.4. The Morgan fingerprint density at radius 2 is 1.68 bits per heavy atom. The maximum atomic E-state index is 13.0. The molecule has 4 rings (SSSR count). The predicted octanol–water partition coefficient (Wildman–Crippen LogP) is 3.51. The number of nitrogens with one attached hydrogen (secondary N) is 3. The number of hydrazine groups is 1. The molecule has 0 aliphatic carbocycles. The molecule has 1 aromatic heterocycles. The molecule has 34 heavy (non-hydrogen) atoms. The third-order valence-electron chi connectivity index (χ3n) is 5.25. The monoisotopic (exact) mass is 474 g/mol. The van der Waals surface area contributed by atoms with E-state index in [-0.39, 0.29) is 22.5 Å². The number of ether oxygens (including phenoxy) is 1. The zero-order chi connectivity index (χ0) is 24.2. The van der Waals surface area contributed by atoms with E-state index in [0.717, 1.165) is 11.1 Å². The van der Waals surface area contributed by atoms with Crippen LogP contribution in [0, 0.1) is 18.6 Å². The van der Waals surface area contributed by atoms with Gasteiger partial charge in [0.25, 0.3) is 17.4 Å². The van der Waals surface area contributed by atoms with Crippen molar-refractivity contribution in [1.29, 1.82) is 0 Å². The molecular weight excluding hydrogens is 452 g/mol. The van der Waals surface area contributed by atoms with E-state index in [0.29, 0.717) is 22.3 Å². The molecule has 0 radical (unpaired) electrons. The Kier molecular flexibility index (Phi) is 6.55. The van der Waals surface area contributed by atoms with Gasteiger partial charge in [0.05, 0.1) is 16.6 Å². The Hall–Kier alpha value is -4.24. The van der Waals surface area contributed by atoms with Crippen LogP contribution >= 0.6 is 12.2 Å². The van der Waals surface area contributed by atoms with Crippen molar-refractivity contribution >= 4 is 34.9 Å². The van der Waals surface area contributed by atoms with Gasteiger partial charge in [-0.05, 0) is 67.5 Å². The van der Waals surface area contributed by atoms with Crippen molar-refractivity contribution in [2.24, 2.45) is 0 Å². The van der Waals surface area contributed by atoms with E-state index in [1.807, 2.05) is 50.2 Å². The molecule has 0 unspecified atom stereocenters. The normalized spacial score (nSPS) is 10.6. The van der Waals surface area contributed by atoms with Crippen molar-refractivity contribution in [3.05, 3.63) is 98.5 Å². The van der Waals surface area contributed by atoms with Crippen LogP contribution in [0.25, 0.3) is 16.6 Å². The van der Waals surface area contributed by atoms with E-state index < -0.39 is 11.8 Å². The summed E-state index contributed by atoms with van der Waals surface area (Å²) in [6.45, 7) is 3.53. The van der Waals surface area contributed by atoms with Gasteiger partial charge in [0, 0.05) is 5.56 Å². The number of rotatable bonds is 5. The molecule has 0 saturated carbocycles. The fraction of sp³-hybridized carbons (Fsp3) is 0.120. The maximum Gasteiger partial charge on any atom is 0.276 e. The van der Waals surface area contributed by atoms with Crippen molar-refractivity contribution in [2.75, 3.05) is 6.61 Å². The molecule has 0 saturated heterocycles. The highest BCUT2D eigenvalue weighted by molar-refractivity contribution is 7.71. The number of fused-ring (bicyclic) bond motifs is 1. The lowest BCUT2D eigenvalue weighted by Gasteiger charge is -2.12. The summed E-state index contributed by atoms with van der Waals surface area (Å²) in [4.78, 5) is 40.7. The van der Waals surface area contributed by atoms with Crippen molar-refractivity contribution in [3.63, 3.8) is 0 Å². The number of hydrogen-bond acceptors (Lipinski definition) is 5. The Morgan fingerprint density at radius 3 is 2.38 bits per heavy atom. The van der Waals surface area contributed by atoms with Gasteiger partial charge >= 0.3 is 0 Å². The molecule has 3 aromatic carbocycles. The average molecular weight is 475 g/mol. The number of aromatic amines is 1. The third kappa shape index (κ3) is 4.74. The van der Waals surface area contributed by atoms with Crippen LogP contribution in [0.3, 0.4) is 0 Å². The number of H-pyrrole nitrogens is 1. The Labute approximate surface area is 200 Å². The fourth-order valence-electron chi connectivity index (χ4n) is 3.57. The van der Waals surface area contributed by atoms with Crippen LogP contribution in [0.2, 0.25) is 0 Å². The van der Waals surface area contributed by atoms with Crippen LogP contribution in [0.4, 0.5) is 0 Å². The number of aromatic nitrogens is 2. The number of benzene rings is 3. The topological polar surface area (TPSA) is 105 Å². The second-order valence-electron chi connectivity index (χ2n) is 7.68. The molecule has 0 fully saturated rings. The molecule has 3 N–H and O–H groups in total. The molecule has 0 aliphatic heterocycles. The van der Waals surface area contributed by atoms with Gasteiger partial charge in [-0.2, -0.15) is 0 Å². The van der Waals surface area contributed by atoms with Crippen LogP contribution in [0.5, 0.6) is 5.75 Å². The van der Waals surface area contributed by atoms with E-state index in [9.17, 15) is 14.4 Å². The summed E-state index contributed by atoms with van der Waals surface area (Å²) in [5, 5.41) is 0.375. The number of amides is 2. The number of nitrogens with zero attached hydrogens (tertiary/aromatic N) is 1. The molecule has 8 nitrogen and oxygen atoms in total. The van der Waals surface area contributed by atoms with Gasteiger partial charge < -0.3 is 9.72 Å². The van der Waals surface area contributed by atoms with Crippen LogP contribution in [0.15, 0.2) is 71.5 Å². The molecule has 0 atom stereocenters. The Balaban J connectivity index is 1.46. The summed E-state index contributed by atoms with van der Waals surface area (Å²) in [7, 11) is 0. The van der Waals surface area contributed by atoms with Gasteiger partial charge in [-0.1, -0.05) is 36.4 Å². The minimum absolute atomic E-state index is 0.207. The lowest BCUT2D eigenvalue weighted by atomic mass is 10.1. The van der Waals surface area contributed by atoms with Crippen LogP contribution < -0.4 is 21.1 Å². The average Bonchev–Trinajstić information content (AvgIpc) is 2.82. The number of carbonyl (C=O) groups excluding carboxylic acids is 2. The molecule has 4 aromatic rings. The van der Waals surface area contributed by atoms with Crippen LogP contribution in [-0.4, -0.2) is 28.0 Å². The van der Waals surface area contributed by atoms with E-state index in [1.165, 1.54) is 16.7 Å². The summed E-state index contributed by atoms with van der Waals surface area (Å²) in [5.41, 5.74) is 7.51. The molecule has 1 heterocycles. The summed E-state index contributed by atoms with van der Waals surface area (Å²) in [6, 6.07) is 19.3. The first-order valence-corrected chi connectivity index (χ1v) is 10.9. The van der Waals surface area contributed by atoms with Crippen LogP contribution in [-0.2, 0) is 4.79 Å². The molecule has 0 bridgehead atoms. The van der Waals surface area contributed by atoms with Crippen molar-refractivity contribution < 1.29 is 14.3 Å². The highest BCUT2D eigenvalue weighted by Crippen LogP contribution is 2.22. The molecule has 2 amide bonds. The van der Waals surface area contributed by atoms with E-state index in [1.54, 1.807) is 18.2 Å². The van der Waals surface area contributed by atoms with E-state index >= 15 is 0 Å². The molecular formula is C25H22N4O4S. The number of aryl methyl sites for hydroxylation is 2. The largest absolute Gasteiger partial charge is 0.483 e. The summed E-state index contributed by atoms with van der Waals surface area (Å²) in [5.74, 6) is -0.425. The number of para-hydroxylation sites is 2. The van der Waals surface area contributed by atoms with E-state index in [2.05, 4.69) is 15.8 Å². The Bertz CT molecular complexity index is 1490. The maximum absolute atomic E-state index is 13.0. The van der Waals surface area contributed by atoms with Gasteiger partial charge in [0.2, 0.25) is 0 Å². The quantitative estimate of drug-likeness (QED) is 0.303. The summed E-state index contributed by atoms with van der Waals surface area (Å²) >= 11 is 5.37. The van der Waals surface area contributed by atoms with Crippen LogP contribution in [0.1, 0.15) is 21.5 Å². The highest BCUT2D eigenvalue weighted by Gasteiger charge is 2.13. The number of carbonyl (C=O) groups is 2. The lowest BCUT2D eigenvalue weighted by Crippen LogP contribution is -2.43. The first-order chi connectivity index (χ1) is 16.3. The van der Waals surface area contributed by atoms with Gasteiger partial charge in [-0.25, -0.2) is 0 Å². The minimum Gasteiger partial charge on any atom is -0.483 e. The fourth-order valence-corrected chi connectivity index (χ4v) is 3.87. The standard InChI is InChI=1S/C25H22N4O4S/c1-15-7-6-8-16(2)22(15)33-14-21(30)27-28-23(31)17-11-12-19-20(13-17)26-25(34)29(24(19)32)18-9-4-3-5-10-18/h3-13H,14H2,1-2H3,(H,26,34)(H,27,30)(H,28,31). The SMILES string of the molecule is Cc1cccc(C)c1OCC(=O)NNC(=O)c1ccc2c(=O)n(-c3ccccc3)c(=S)[nH]c2c1. The molecule has 172 valence electrons. The minimum atomic E-state index is -0.547. The molecule has 0 aliphatic rings. The van der Waals surface area contributed by atoms with Crippen molar-refractivity contribution in [3.8, 4) is 11.4 Å².